The van der Waals surface area contributed by atoms with Gasteiger partial charge in [0.1, 0.15) is 5.82 Å². The normalized spacial score (nSPS) is 11.3. The van der Waals surface area contributed by atoms with E-state index in [0.717, 1.165) is 42.9 Å². The topological polar surface area (TPSA) is 43.8 Å². The number of aryl methyl sites for hydroxylation is 2. The summed E-state index contributed by atoms with van der Waals surface area (Å²) in [6.07, 6.45) is 6.83. The number of hydrogen-bond acceptors (Lipinski definition) is 2. The molecule has 0 bridgehead atoms. The van der Waals surface area contributed by atoms with E-state index in [9.17, 15) is 0 Å². The second-order valence-electron chi connectivity index (χ2n) is 5.27. The number of nitrogens with zero attached hydrogens (tertiary/aromatic N) is 2. The molecule has 2 N–H and O–H groups in total. The molecule has 0 saturated carbocycles. The third-order valence-corrected chi connectivity index (χ3v) is 3.86. The maximum absolute atomic E-state index is 6.07. The summed E-state index contributed by atoms with van der Waals surface area (Å²) in [5.41, 5.74) is 7.77. The average molecular weight is 294 g/mol. The number of halogens is 1. The van der Waals surface area contributed by atoms with Crippen LogP contribution in [0, 0.1) is 0 Å². The number of benzene rings is 1. The van der Waals surface area contributed by atoms with E-state index in [2.05, 4.69) is 17.6 Å². The van der Waals surface area contributed by atoms with Crippen LogP contribution in [0.4, 0.5) is 0 Å². The third kappa shape index (κ3) is 3.74. The SMILES string of the molecule is CCCCn1c(CCCCCN)nc2cc(Cl)ccc21. The Morgan fingerprint density at radius 3 is 2.80 bits per heavy atom. The van der Waals surface area contributed by atoms with Gasteiger partial charge in [0.2, 0.25) is 0 Å². The molecule has 0 aliphatic heterocycles. The van der Waals surface area contributed by atoms with E-state index in [1.165, 1.54) is 30.6 Å². The minimum atomic E-state index is 0.757. The van der Waals surface area contributed by atoms with Crippen molar-refractivity contribution in [3.8, 4) is 0 Å². The average Bonchev–Trinajstić information content (AvgIpc) is 2.78. The smallest absolute Gasteiger partial charge is 0.109 e. The van der Waals surface area contributed by atoms with Crippen LogP contribution in [-0.4, -0.2) is 16.1 Å². The standard InChI is InChI=1S/C16H24ClN3/c1-2-3-11-20-15-9-8-13(17)12-14(15)19-16(20)7-5-4-6-10-18/h8-9,12H,2-7,10-11,18H2,1H3. The molecule has 1 aromatic heterocycles. The zero-order valence-electron chi connectivity index (χ0n) is 12.2. The molecule has 2 aromatic rings. The van der Waals surface area contributed by atoms with Gasteiger partial charge in [-0.05, 0) is 44.0 Å². The zero-order chi connectivity index (χ0) is 14.4. The Bertz CT molecular complexity index is 548. The molecule has 3 nitrogen and oxygen atoms in total. The molecule has 0 radical (unpaired) electrons. The van der Waals surface area contributed by atoms with Crippen molar-refractivity contribution in [2.75, 3.05) is 6.54 Å². The van der Waals surface area contributed by atoms with Crippen LogP contribution in [0.3, 0.4) is 0 Å². The lowest BCUT2D eigenvalue weighted by atomic mass is 10.2. The predicted octanol–water partition coefficient (Wildman–Crippen LogP) is 4.16. The van der Waals surface area contributed by atoms with Gasteiger partial charge >= 0.3 is 0 Å². The van der Waals surface area contributed by atoms with Crippen LogP contribution in [0.25, 0.3) is 11.0 Å². The Hall–Kier alpha value is -1.06. The highest BCUT2D eigenvalue weighted by molar-refractivity contribution is 6.31. The van der Waals surface area contributed by atoms with E-state index < -0.39 is 0 Å². The molecule has 4 heteroatoms. The first-order valence-electron chi connectivity index (χ1n) is 7.61. The van der Waals surface area contributed by atoms with E-state index in [-0.39, 0.29) is 0 Å². The number of rotatable bonds is 8. The van der Waals surface area contributed by atoms with Crippen LogP contribution >= 0.6 is 11.6 Å². The van der Waals surface area contributed by atoms with Crippen molar-refractivity contribution in [1.29, 1.82) is 0 Å². The Morgan fingerprint density at radius 1 is 1.20 bits per heavy atom. The van der Waals surface area contributed by atoms with Crippen molar-refractivity contribution in [3.05, 3.63) is 29.0 Å². The van der Waals surface area contributed by atoms with Gasteiger partial charge in [0.25, 0.3) is 0 Å². The summed E-state index contributed by atoms with van der Waals surface area (Å²) in [5.74, 6) is 1.19. The quantitative estimate of drug-likeness (QED) is 0.743. The highest BCUT2D eigenvalue weighted by Crippen LogP contribution is 2.22. The molecule has 0 fully saturated rings. The molecule has 0 aliphatic rings. The minimum Gasteiger partial charge on any atom is -0.330 e. The molecule has 110 valence electrons. The monoisotopic (exact) mass is 293 g/mol. The molecular formula is C16H24ClN3. The van der Waals surface area contributed by atoms with Gasteiger partial charge in [0, 0.05) is 18.0 Å². The molecule has 0 amide bonds. The predicted molar refractivity (Wildman–Crippen MR) is 86.3 cm³/mol. The van der Waals surface area contributed by atoms with E-state index >= 15 is 0 Å². The van der Waals surface area contributed by atoms with Crippen LogP contribution < -0.4 is 5.73 Å². The summed E-state index contributed by atoms with van der Waals surface area (Å²) in [6.45, 7) is 4.04. The molecule has 0 saturated heterocycles. The van der Waals surface area contributed by atoms with Crippen LogP contribution in [0.5, 0.6) is 0 Å². The second-order valence-corrected chi connectivity index (χ2v) is 5.70. The number of aromatic nitrogens is 2. The summed E-state index contributed by atoms with van der Waals surface area (Å²) in [5, 5.41) is 0.757. The number of imidazole rings is 1. The van der Waals surface area contributed by atoms with E-state index in [1.807, 2.05) is 12.1 Å². The van der Waals surface area contributed by atoms with Gasteiger partial charge in [-0.2, -0.15) is 0 Å². The highest BCUT2D eigenvalue weighted by atomic mass is 35.5. The number of unbranched alkanes of at least 4 members (excludes halogenated alkanes) is 3. The lowest BCUT2D eigenvalue weighted by Gasteiger charge is -2.08. The molecule has 20 heavy (non-hydrogen) atoms. The highest BCUT2D eigenvalue weighted by Gasteiger charge is 2.10. The largest absolute Gasteiger partial charge is 0.330 e. The lowest BCUT2D eigenvalue weighted by molar-refractivity contribution is 0.593. The molecule has 0 spiro atoms. The van der Waals surface area contributed by atoms with Crippen LogP contribution in [0.15, 0.2) is 18.2 Å². The van der Waals surface area contributed by atoms with Crippen molar-refractivity contribution in [3.63, 3.8) is 0 Å². The molecular weight excluding hydrogens is 270 g/mol. The van der Waals surface area contributed by atoms with Gasteiger partial charge in [0.05, 0.1) is 11.0 Å². The van der Waals surface area contributed by atoms with Crippen molar-refractivity contribution in [2.24, 2.45) is 5.73 Å². The zero-order valence-corrected chi connectivity index (χ0v) is 13.0. The second kappa shape index (κ2) is 7.65. The number of fused-ring (bicyclic) bond motifs is 1. The minimum absolute atomic E-state index is 0.757. The number of nitrogens with two attached hydrogens (primary N) is 1. The maximum Gasteiger partial charge on any atom is 0.109 e. The number of hydrogen-bond donors (Lipinski definition) is 1. The molecule has 1 heterocycles. The third-order valence-electron chi connectivity index (χ3n) is 3.63. The summed E-state index contributed by atoms with van der Waals surface area (Å²) in [7, 11) is 0. The molecule has 0 unspecified atom stereocenters. The van der Waals surface area contributed by atoms with E-state index in [0.29, 0.717) is 0 Å². The van der Waals surface area contributed by atoms with Gasteiger partial charge < -0.3 is 10.3 Å². The van der Waals surface area contributed by atoms with Gasteiger partial charge in [0.15, 0.2) is 0 Å². The summed E-state index contributed by atoms with van der Waals surface area (Å²) in [6, 6.07) is 6.00. The van der Waals surface area contributed by atoms with Crippen molar-refractivity contribution < 1.29 is 0 Å². The molecule has 1 aromatic carbocycles. The Kier molecular flexibility index (Phi) is 5.86. The fraction of sp³-hybridized carbons (Fsp3) is 0.562. The Morgan fingerprint density at radius 2 is 2.05 bits per heavy atom. The first-order chi connectivity index (χ1) is 9.76. The summed E-state index contributed by atoms with van der Waals surface area (Å²) >= 11 is 6.07. The van der Waals surface area contributed by atoms with Gasteiger partial charge in [-0.3, -0.25) is 0 Å². The van der Waals surface area contributed by atoms with Gasteiger partial charge in [-0.25, -0.2) is 4.98 Å². The van der Waals surface area contributed by atoms with Crippen molar-refractivity contribution in [1.82, 2.24) is 9.55 Å². The molecule has 2 rings (SSSR count). The first kappa shape index (κ1) is 15.3. The fourth-order valence-corrected chi connectivity index (χ4v) is 2.68. The van der Waals surface area contributed by atoms with Crippen LogP contribution in [0.2, 0.25) is 5.02 Å². The summed E-state index contributed by atoms with van der Waals surface area (Å²) in [4.78, 5) is 4.77. The lowest BCUT2D eigenvalue weighted by Crippen LogP contribution is -2.05. The molecule has 0 atom stereocenters. The fourth-order valence-electron chi connectivity index (χ4n) is 2.51. The van der Waals surface area contributed by atoms with Gasteiger partial charge in [-0.15, -0.1) is 0 Å². The van der Waals surface area contributed by atoms with Crippen LogP contribution in [-0.2, 0) is 13.0 Å². The van der Waals surface area contributed by atoms with Crippen LogP contribution in [0.1, 0.15) is 44.9 Å². The molecule has 0 aliphatic carbocycles. The van der Waals surface area contributed by atoms with E-state index in [1.54, 1.807) is 0 Å². The summed E-state index contributed by atoms with van der Waals surface area (Å²) < 4.78 is 2.36. The maximum atomic E-state index is 6.07. The van der Waals surface area contributed by atoms with Crippen molar-refractivity contribution in [2.45, 2.75) is 52.0 Å². The van der Waals surface area contributed by atoms with Crippen molar-refractivity contribution >= 4 is 22.6 Å². The first-order valence-corrected chi connectivity index (χ1v) is 7.98. The van der Waals surface area contributed by atoms with Gasteiger partial charge in [-0.1, -0.05) is 31.4 Å². The Balaban J connectivity index is 2.21. The Labute approximate surface area is 126 Å². The van der Waals surface area contributed by atoms with E-state index in [4.69, 9.17) is 22.3 Å².